The summed E-state index contributed by atoms with van der Waals surface area (Å²) in [5.41, 5.74) is 1.57. The van der Waals surface area contributed by atoms with Gasteiger partial charge in [0.25, 0.3) is 0 Å². The molecule has 7 heteroatoms. The van der Waals surface area contributed by atoms with Crippen molar-refractivity contribution in [3.8, 4) is 0 Å². The highest BCUT2D eigenvalue weighted by molar-refractivity contribution is 7.15. The summed E-state index contributed by atoms with van der Waals surface area (Å²) in [6, 6.07) is 0. The van der Waals surface area contributed by atoms with Crippen LogP contribution in [0.25, 0.3) is 0 Å². The first-order chi connectivity index (χ1) is 12.0. The molecular formula is C18H26N2O4S. The van der Waals surface area contributed by atoms with Gasteiger partial charge in [-0.15, -0.1) is 11.3 Å². The summed E-state index contributed by atoms with van der Waals surface area (Å²) in [5.74, 6) is -0.00661. The van der Waals surface area contributed by atoms with Crippen LogP contribution >= 0.6 is 11.3 Å². The van der Waals surface area contributed by atoms with Gasteiger partial charge in [0.2, 0.25) is 5.91 Å². The molecule has 0 radical (unpaired) electrons. The molecule has 3 rings (SSSR count). The second kappa shape index (κ2) is 7.85. The van der Waals surface area contributed by atoms with E-state index in [-0.39, 0.29) is 24.1 Å². The lowest BCUT2D eigenvalue weighted by Gasteiger charge is -2.34. The van der Waals surface area contributed by atoms with Crippen molar-refractivity contribution in [3.05, 3.63) is 16.5 Å². The van der Waals surface area contributed by atoms with Crippen molar-refractivity contribution < 1.29 is 19.1 Å². The zero-order valence-electron chi connectivity index (χ0n) is 15.0. The third kappa shape index (κ3) is 4.59. The van der Waals surface area contributed by atoms with Crippen molar-refractivity contribution in [1.82, 2.24) is 4.90 Å². The molecule has 1 amide bonds. The first-order valence-corrected chi connectivity index (χ1v) is 9.82. The minimum absolute atomic E-state index is 0.101. The van der Waals surface area contributed by atoms with Gasteiger partial charge in [0.15, 0.2) is 0 Å². The molecule has 25 heavy (non-hydrogen) atoms. The Hall–Kier alpha value is -1.44. The predicted octanol–water partition coefficient (Wildman–Crippen LogP) is 2.85. The van der Waals surface area contributed by atoms with E-state index < -0.39 is 0 Å². The van der Waals surface area contributed by atoms with Crippen molar-refractivity contribution >= 4 is 28.2 Å². The lowest BCUT2D eigenvalue weighted by molar-refractivity contribution is -0.121. The highest BCUT2D eigenvalue weighted by Gasteiger charge is 2.32. The predicted molar refractivity (Wildman–Crippen MR) is 97.3 cm³/mol. The summed E-state index contributed by atoms with van der Waals surface area (Å²) in [6.07, 6.45) is 2.44. The van der Waals surface area contributed by atoms with E-state index in [9.17, 15) is 9.59 Å². The SMILES string of the molecule is CCOC(=O)c1c(C2CC2)csc1NC(=O)CN1C[C@@H](C)O[C@H](C)C1. The Labute approximate surface area is 152 Å². The van der Waals surface area contributed by atoms with Gasteiger partial charge >= 0.3 is 5.97 Å². The Bertz CT molecular complexity index is 631. The van der Waals surface area contributed by atoms with Crippen LogP contribution in [0.4, 0.5) is 5.00 Å². The molecule has 1 aromatic rings. The van der Waals surface area contributed by atoms with E-state index in [1.807, 2.05) is 19.2 Å². The Kier molecular flexibility index (Phi) is 5.76. The molecule has 1 saturated heterocycles. The molecule has 0 aromatic carbocycles. The fraction of sp³-hybridized carbons (Fsp3) is 0.667. The van der Waals surface area contributed by atoms with Crippen LogP contribution in [0.3, 0.4) is 0 Å². The first kappa shape index (κ1) is 18.4. The minimum atomic E-state index is -0.338. The second-order valence-corrected chi connectivity index (χ2v) is 7.77. The molecule has 1 aliphatic carbocycles. The van der Waals surface area contributed by atoms with Gasteiger partial charge in [-0.1, -0.05) is 0 Å². The van der Waals surface area contributed by atoms with Crippen LogP contribution in [-0.2, 0) is 14.3 Å². The highest BCUT2D eigenvalue weighted by atomic mass is 32.1. The molecule has 0 bridgehead atoms. The second-order valence-electron chi connectivity index (χ2n) is 6.89. The standard InChI is InChI=1S/C18H26N2O4S/c1-4-23-18(22)16-14(13-5-6-13)10-25-17(16)19-15(21)9-20-7-11(2)24-12(3)8-20/h10-13H,4-9H2,1-3H3,(H,19,21)/t11-,12-/m1/s1. The van der Waals surface area contributed by atoms with Crippen LogP contribution < -0.4 is 5.32 Å². The van der Waals surface area contributed by atoms with Gasteiger partial charge in [-0.2, -0.15) is 0 Å². The zero-order valence-corrected chi connectivity index (χ0v) is 15.9. The molecule has 1 aliphatic heterocycles. The van der Waals surface area contributed by atoms with Gasteiger partial charge in [0.1, 0.15) is 5.00 Å². The maximum absolute atomic E-state index is 12.5. The third-order valence-corrected chi connectivity index (χ3v) is 5.35. The molecule has 2 heterocycles. The Morgan fingerprint density at radius 2 is 2.00 bits per heavy atom. The smallest absolute Gasteiger partial charge is 0.341 e. The lowest BCUT2D eigenvalue weighted by atomic mass is 10.1. The van der Waals surface area contributed by atoms with Crippen LogP contribution in [-0.4, -0.2) is 55.2 Å². The molecule has 0 spiro atoms. The summed E-state index contributed by atoms with van der Waals surface area (Å²) in [7, 11) is 0. The van der Waals surface area contributed by atoms with Crippen molar-refractivity contribution in [1.29, 1.82) is 0 Å². The number of rotatable bonds is 6. The fourth-order valence-corrected chi connectivity index (χ4v) is 4.40. The summed E-state index contributed by atoms with van der Waals surface area (Å²) in [6.45, 7) is 7.93. The normalized spacial score (nSPS) is 24.1. The number of nitrogens with zero attached hydrogens (tertiary/aromatic N) is 1. The summed E-state index contributed by atoms with van der Waals surface area (Å²) in [4.78, 5) is 26.9. The van der Waals surface area contributed by atoms with Gasteiger partial charge in [-0.05, 0) is 50.5 Å². The molecule has 138 valence electrons. The van der Waals surface area contributed by atoms with Gasteiger partial charge in [0, 0.05) is 13.1 Å². The molecule has 1 saturated carbocycles. The number of nitrogens with one attached hydrogen (secondary N) is 1. The first-order valence-electron chi connectivity index (χ1n) is 8.94. The number of hydrogen-bond acceptors (Lipinski definition) is 6. The lowest BCUT2D eigenvalue weighted by Crippen LogP contribution is -2.48. The van der Waals surface area contributed by atoms with E-state index >= 15 is 0 Å². The van der Waals surface area contributed by atoms with Gasteiger partial charge in [-0.25, -0.2) is 4.79 Å². The van der Waals surface area contributed by atoms with Gasteiger partial charge in [-0.3, -0.25) is 9.69 Å². The maximum atomic E-state index is 12.5. The van der Waals surface area contributed by atoms with Crippen LogP contribution in [0.15, 0.2) is 5.38 Å². The van der Waals surface area contributed by atoms with Crippen molar-refractivity contribution in [2.45, 2.75) is 51.7 Å². The Balaban J connectivity index is 1.67. The molecule has 2 fully saturated rings. The van der Waals surface area contributed by atoms with Gasteiger partial charge < -0.3 is 14.8 Å². The molecule has 1 N–H and O–H groups in total. The Morgan fingerprint density at radius 1 is 1.32 bits per heavy atom. The summed E-state index contributed by atoms with van der Waals surface area (Å²) < 4.78 is 10.9. The molecule has 1 aromatic heterocycles. The van der Waals surface area contributed by atoms with Crippen LogP contribution in [0.1, 0.15) is 55.5 Å². The fourth-order valence-electron chi connectivity index (χ4n) is 3.35. The van der Waals surface area contributed by atoms with E-state index in [1.54, 1.807) is 6.92 Å². The van der Waals surface area contributed by atoms with Crippen LogP contribution in [0.5, 0.6) is 0 Å². The summed E-state index contributed by atoms with van der Waals surface area (Å²) >= 11 is 1.41. The topological polar surface area (TPSA) is 67.9 Å². The van der Waals surface area contributed by atoms with E-state index in [2.05, 4.69) is 10.2 Å². The molecular weight excluding hydrogens is 340 g/mol. The van der Waals surface area contributed by atoms with Gasteiger partial charge in [0.05, 0.1) is 30.9 Å². The zero-order chi connectivity index (χ0) is 18.0. The van der Waals surface area contributed by atoms with E-state index in [4.69, 9.17) is 9.47 Å². The Morgan fingerprint density at radius 3 is 2.60 bits per heavy atom. The van der Waals surface area contributed by atoms with Crippen molar-refractivity contribution in [2.75, 3.05) is 31.6 Å². The number of ether oxygens (including phenoxy) is 2. The average Bonchev–Trinajstić information content (AvgIpc) is 3.27. The number of morpholine rings is 1. The van der Waals surface area contributed by atoms with E-state index in [0.29, 0.717) is 29.6 Å². The number of anilines is 1. The molecule has 6 nitrogen and oxygen atoms in total. The number of esters is 1. The van der Waals surface area contributed by atoms with E-state index in [1.165, 1.54) is 11.3 Å². The van der Waals surface area contributed by atoms with Crippen LogP contribution in [0.2, 0.25) is 0 Å². The number of carbonyl (C=O) groups is 2. The summed E-state index contributed by atoms with van der Waals surface area (Å²) in [5, 5.41) is 5.52. The monoisotopic (exact) mass is 366 g/mol. The maximum Gasteiger partial charge on any atom is 0.341 e. The van der Waals surface area contributed by atoms with E-state index in [0.717, 1.165) is 31.5 Å². The van der Waals surface area contributed by atoms with Crippen LogP contribution in [0, 0.1) is 0 Å². The largest absolute Gasteiger partial charge is 0.462 e. The number of amides is 1. The minimum Gasteiger partial charge on any atom is -0.462 e. The van der Waals surface area contributed by atoms with Crippen molar-refractivity contribution in [3.63, 3.8) is 0 Å². The number of thiophene rings is 1. The molecule has 0 unspecified atom stereocenters. The number of carbonyl (C=O) groups excluding carboxylic acids is 2. The number of hydrogen-bond donors (Lipinski definition) is 1. The average molecular weight is 366 g/mol. The highest BCUT2D eigenvalue weighted by Crippen LogP contribution is 2.46. The van der Waals surface area contributed by atoms with Crippen molar-refractivity contribution in [2.24, 2.45) is 0 Å². The third-order valence-electron chi connectivity index (χ3n) is 4.43. The quantitative estimate of drug-likeness (QED) is 0.784. The molecule has 2 aliphatic rings. The molecule has 2 atom stereocenters.